The lowest BCUT2D eigenvalue weighted by Gasteiger charge is -2.26. The van der Waals surface area contributed by atoms with Gasteiger partial charge in [-0.25, -0.2) is 4.79 Å². The quantitative estimate of drug-likeness (QED) is 0.432. The van der Waals surface area contributed by atoms with E-state index in [1.807, 2.05) is 31.7 Å². The van der Waals surface area contributed by atoms with Gasteiger partial charge in [0, 0.05) is 18.8 Å². The number of hydrogen-bond donors (Lipinski definition) is 1. The van der Waals surface area contributed by atoms with Crippen LogP contribution in [0.15, 0.2) is 29.8 Å². The second kappa shape index (κ2) is 10.6. The van der Waals surface area contributed by atoms with E-state index in [2.05, 4.69) is 25.1 Å². The van der Waals surface area contributed by atoms with E-state index in [0.29, 0.717) is 0 Å². The molecule has 0 spiro atoms. The van der Waals surface area contributed by atoms with Crippen molar-refractivity contribution in [1.82, 2.24) is 4.90 Å². The number of nitrogens with zero attached hydrogens (tertiary/aromatic N) is 1. The number of amides is 1. The van der Waals surface area contributed by atoms with Crippen molar-refractivity contribution in [2.75, 3.05) is 18.8 Å². The van der Waals surface area contributed by atoms with Gasteiger partial charge in [0.05, 0.1) is 0 Å². The maximum atomic E-state index is 12.4. The summed E-state index contributed by atoms with van der Waals surface area (Å²) in [6.07, 6.45) is 13.2. The Morgan fingerprint density at radius 3 is 2.65 bits per heavy atom. The number of ether oxygens (including phenoxy) is 1. The molecule has 2 unspecified atom stereocenters. The molecule has 0 aromatic heterocycles. The molecule has 4 heteroatoms. The number of rotatable bonds is 4. The van der Waals surface area contributed by atoms with Gasteiger partial charge in [-0.05, 0) is 121 Å². The van der Waals surface area contributed by atoms with Crippen molar-refractivity contribution in [3.05, 3.63) is 41.0 Å². The normalized spacial score (nSPS) is 23.0. The van der Waals surface area contributed by atoms with Crippen LogP contribution in [0.1, 0.15) is 83.3 Å². The van der Waals surface area contributed by atoms with Crippen LogP contribution >= 0.6 is 0 Å². The van der Waals surface area contributed by atoms with Gasteiger partial charge in [0.1, 0.15) is 5.60 Å². The summed E-state index contributed by atoms with van der Waals surface area (Å²) < 4.78 is 5.58. The lowest BCUT2D eigenvalue weighted by Crippen LogP contribution is -2.37. The first-order chi connectivity index (χ1) is 14.7. The summed E-state index contributed by atoms with van der Waals surface area (Å²) in [5, 5.41) is 0. The van der Waals surface area contributed by atoms with Gasteiger partial charge in [0.2, 0.25) is 0 Å². The number of anilines is 1. The van der Waals surface area contributed by atoms with E-state index in [0.717, 1.165) is 49.9 Å². The highest BCUT2D eigenvalue weighted by Crippen LogP contribution is 2.33. The third-order valence-electron chi connectivity index (χ3n) is 6.83. The molecule has 1 aromatic rings. The minimum absolute atomic E-state index is 0.144. The van der Waals surface area contributed by atoms with Crippen LogP contribution in [-0.2, 0) is 11.2 Å². The monoisotopic (exact) mass is 426 g/mol. The summed E-state index contributed by atoms with van der Waals surface area (Å²) in [6.45, 7) is 9.66. The van der Waals surface area contributed by atoms with Crippen LogP contribution in [0.2, 0.25) is 0 Å². The van der Waals surface area contributed by atoms with Gasteiger partial charge >= 0.3 is 6.09 Å². The standard InChI is InChI=1S/C27H42N2O2/c1-20-17-25(28)13-12-24(20)19-22-8-5-7-21(10-11-22)18-23-9-6-15-29(16-14-23)26(30)31-27(2,3)4/h8,12-13,17,21,23H,5-7,9-11,14-16,18-19,28H2,1-4H3. The van der Waals surface area contributed by atoms with Crippen LogP contribution in [0.4, 0.5) is 10.5 Å². The lowest BCUT2D eigenvalue weighted by atomic mass is 9.85. The molecule has 1 aromatic carbocycles. The summed E-state index contributed by atoms with van der Waals surface area (Å²) >= 11 is 0. The predicted octanol–water partition coefficient (Wildman–Crippen LogP) is 6.66. The summed E-state index contributed by atoms with van der Waals surface area (Å²) in [4.78, 5) is 14.4. The summed E-state index contributed by atoms with van der Waals surface area (Å²) in [5.41, 5.74) is 10.6. The zero-order valence-corrected chi connectivity index (χ0v) is 20.1. The van der Waals surface area contributed by atoms with E-state index < -0.39 is 5.60 Å². The molecule has 2 aliphatic rings. The number of likely N-dealkylation sites (tertiary alicyclic amines) is 1. The Labute approximate surface area is 189 Å². The number of carbonyl (C=O) groups is 1. The van der Waals surface area contributed by atoms with Crippen molar-refractivity contribution in [2.24, 2.45) is 11.8 Å². The van der Waals surface area contributed by atoms with Crippen molar-refractivity contribution >= 4 is 11.8 Å². The van der Waals surface area contributed by atoms with Crippen molar-refractivity contribution in [1.29, 1.82) is 0 Å². The van der Waals surface area contributed by atoms with E-state index in [4.69, 9.17) is 10.5 Å². The Morgan fingerprint density at radius 1 is 1.13 bits per heavy atom. The Bertz CT molecular complexity index is 778. The van der Waals surface area contributed by atoms with Crippen LogP contribution in [-0.4, -0.2) is 29.7 Å². The maximum absolute atomic E-state index is 12.4. The third kappa shape index (κ3) is 7.59. The molecule has 0 saturated carbocycles. The first-order valence-corrected chi connectivity index (χ1v) is 12.2. The van der Waals surface area contributed by atoms with Crippen LogP contribution in [0, 0.1) is 18.8 Å². The topological polar surface area (TPSA) is 55.6 Å². The number of nitrogens with two attached hydrogens (primary N) is 1. The molecule has 0 radical (unpaired) electrons. The molecule has 1 aliphatic heterocycles. The summed E-state index contributed by atoms with van der Waals surface area (Å²) in [7, 11) is 0. The van der Waals surface area contributed by atoms with Crippen LogP contribution in [0.3, 0.4) is 0 Å². The molecular weight excluding hydrogens is 384 g/mol. The van der Waals surface area contributed by atoms with E-state index in [9.17, 15) is 4.79 Å². The Balaban J connectivity index is 1.46. The first kappa shape index (κ1) is 23.7. The summed E-state index contributed by atoms with van der Waals surface area (Å²) in [5.74, 6) is 1.54. The Hall–Kier alpha value is -1.97. The van der Waals surface area contributed by atoms with Crippen molar-refractivity contribution < 1.29 is 9.53 Å². The highest BCUT2D eigenvalue weighted by atomic mass is 16.6. The van der Waals surface area contributed by atoms with E-state index in [-0.39, 0.29) is 6.09 Å². The van der Waals surface area contributed by atoms with Crippen molar-refractivity contribution in [3.8, 4) is 0 Å². The van der Waals surface area contributed by atoms with Gasteiger partial charge in [-0.2, -0.15) is 0 Å². The van der Waals surface area contributed by atoms with Gasteiger partial charge < -0.3 is 15.4 Å². The number of aryl methyl sites for hydroxylation is 1. The fourth-order valence-electron chi connectivity index (χ4n) is 5.10. The number of nitrogen functional groups attached to an aromatic ring is 1. The molecule has 31 heavy (non-hydrogen) atoms. The Morgan fingerprint density at radius 2 is 1.90 bits per heavy atom. The highest BCUT2D eigenvalue weighted by Gasteiger charge is 2.26. The van der Waals surface area contributed by atoms with E-state index in [1.165, 1.54) is 49.7 Å². The van der Waals surface area contributed by atoms with Crippen LogP contribution in [0.5, 0.6) is 0 Å². The van der Waals surface area contributed by atoms with Gasteiger partial charge in [0.15, 0.2) is 0 Å². The fourth-order valence-corrected chi connectivity index (χ4v) is 5.10. The van der Waals surface area contributed by atoms with Gasteiger partial charge in [-0.3, -0.25) is 0 Å². The largest absolute Gasteiger partial charge is 0.444 e. The zero-order valence-electron chi connectivity index (χ0n) is 20.1. The van der Waals surface area contributed by atoms with Gasteiger partial charge in [-0.15, -0.1) is 0 Å². The molecule has 2 atom stereocenters. The molecule has 1 amide bonds. The number of allylic oxidation sites excluding steroid dienone is 2. The van der Waals surface area contributed by atoms with Gasteiger partial charge in [0.25, 0.3) is 0 Å². The molecule has 2 N–H and O–H groups in total. The number of carbonyl (C=O) groups excluding carboxylic acids is 1. The maximum Gasteiger partial charge on any atom is 0.410 e. The Kier molecular flexibility index (Phi) is 8.07. The zero-order chi connectivity index (χ0) is 22.4. The third-order valence-corrected chi connectivity index (χ3v) is 6.83. The highest BCUT2D eigenvalue weighted by molar-refractivity contribution is 5.68. The van der Waals surface area contributed by atoms with Gasteiger partial charge in [-0.1, -0.05) is 17.7 Å². The van der Waals surface area contributed by atoms with E-state index >= 15 is 0 Å². The number of benzene rings is 1. The lowest BCUT2D eigenvalue weighted by molar-refractivity contribution is 0.0254. The van der Waals surface area contributed by atoms with Crippen LogP contribution < -0.4 is 5.73 Å². The molecule has 4 nitrogen and oxygen atoms in total. The molecule has 1 saturated heterocycles. The predicted molar refractivity (Wildman–Crippen MR) is 129 cm³/mol. The minimum Gasteiger partial charge on any atom is -0.444 e. The van der Waals surface area contributed by atoms with Crippen LogP contribution in [0.25, 0.3) is 0 Å². The minimum atomic E-state index is -0.418. The average Bonchev–Trinajstić information content (AvgIpc) is 3.04. The average molecular weight is 427 g/mol. The molecule has 172 valence electrons. The van der Waals surface area contributed by atoms with E-state index in [1.54, 1.807) is 5.57 Å². The second-order valence-electron chi connectivity index (χ2n) is 10.7. The smallest absolute Gasteiger partial charge is 0.410 e. The fraction of sp³-hybridized carbons (Fsp3) is 0.667. The second-order valence-corrected chi connectivity index (χ2v) is 10.7. The molecule has 1 fully saturated rings. The molecule has 1 heterocycles. The summed E-state index contributed by atoms with van der Waals surface area (Å²) in [6, 6.07) is 6.30. The van der Waals surface area contributed by atoms with Crippen molar-refractivity contribution in [3.63, 3.8) is 0 Å². The first-order valence-electron chi connectivity index (χ1n) is 12.2. The number of hydrogen-bond acceptors (Lipinski definition) is 3. The molecule has 0 bridgehead atoms. The SMILES string of the molecule is Cc1cc(N)ccc1CC1=CCCC(CC2CCCN(C(=O)OC(C)(C)C)CC2)CC1. The molecule has 3 rings (SSSR count). The molecule has 1 aliphatic carbocycles. The van der Waals surface area contributed by atoms with Crippen molar-refractivity contribution in [2.45, 2.75) is 91.1 Å². The molecular formula is C27H42N2O2.